The highest BCUT2D eigenvalue weighted by atomic mass is 16.6. The van der Waals surface area contributed by atoms with E-state index in [1.165, 1.54) is 17.0 Å². The highest BCUT2D eigenvalue weighted by molar-refractivity contribution is 5.91. The van der Waals surface area contributed by atoms with Crippen LogP contribution in [0.2, 0.25) is 0 Å². The van der Waals surface area contributed by atoms with Gasteiger partial charge in [-0.1, -0.05) is 19.1 Å². The molecule has 0 aliphatic heterocycles. The van der Waals surface area contributed by atoms with Gasteiger partial charge >= 0.3 is 12.1 Å². The van der Waals surface area contributed by atoms with Crippen molar-refractivity contribution in [2.75, 3.05) is 19.7 Å². The Morgan fingerprint density at radius 3 is 2.11 bits per heavy atom. The summed E-state index contributed by atoms with van der Waals surface area (Å²) >= 11 is 0. The molecule has 196 valence electrons. The number of hydrogen-bond donors (Lipinski definition) is 3. The lowest BCUT2D eigenvalue weighted by Crippen LogP contribution is -2.56. The van der Waals surface area contributed by atoms with E-state index >= 15 is 0 Å². The number of nitrogens with zero attached hydrogens (tertiary/aromatic N) is 1. The van der Waals surface area contributed by atoms with E-state index in [0.717, 1.165) is 0 Å². The minimum absolute atomic E-state index is 0.00874. The Morgan fingerprint density at radius 2 is 1.60 bits per heavy atom. The van der Waals surface area contributed by atoms with Crippen LogP contribution in [0.5, 0.6) is 5.75 Å². The second-order valence-corrected chi connectivity index (χ2v) is 9.63. The van der Waals surface area contributed by atoms with Gasteiger partial charge in [-0.2, -0.15) is 0 Å². The van der Waals surface area contributed by atoms with Crippen LogP contribution in [0.25, 0.3) is 0 Å². The third-order valence-electron chi connectivity index (χ3n) is 5.22. The van der Waals surface area contributed by atoms with Gasteiger partial charge in [0.05, 0.1) is 13.0 Å². The molecule has 0 saturated carbocycles. The number of carbonyl (C=O) groups excluding carboxylic acids is 4. The summed E-state index contributed by atoms with van der Waals surface area (Å²) in [6.07, 6.45) is -0.261. The molecule has 0 radical (unpaired) electrons. The van der Waals surface area contributed by atoms with Crippen LogP contribution >= 0.6 is 0 Å². The summed E-state index contributed by atoms with van der Waals surface area (Å²) in [4.78, 5) is 52.0. The van der Waals surface area contributed by atoms with Gasteiger partial charge in [0.1, 0.15) is 23.9 Å². The fourth-order valence-electron chi connectivity index (χ4n) is 3.24. The Bertz CT molecular complexity index is 876. The zero-order valence-electron chi connectivity index (χ0n) is 21.8. The van der Waals surface area contributed by atoms with Crippen molar-refractivity contribution < 1.29 is 33.8 Å². The van der Waals surface area contributed by atoms with E-state index in [4.69, 9.17) is 9.47 Å². The lowest BCUT2D eigenvalue weighted by atomic mass is 9.93. The van der Waals surface area contributed by atoms with Gasteiger partial charge in [-0.05, 0) is 65.7 Å². The van der Waals surface area contributed by atoms with Crippen LogP contribution in [0.3, 0.4) is 0 Å². The molecular weight excluding hydrogens is 454 g/mol. The van der Waals surface area contributed by atoms with Crippen LogP contribution in [-0.4, -0.2) is 64.7 Å². The largest absolute Gasteiger partial charge is 0.508 e. The van der Waals surface area contributed by atoms with Gasteiger partial charge < -0.3 is 30.1 Å². The van der Waals surface area contributed by atoms with Crippen molar-refractivity contribution in [1.82, 2.24) is 15.5 Å². The molecule has 3 amide bonds. The number of esters is 1. The number of ether oxygens (including phenoxy) is 2. The molecule has 0 aliphatic rings. The number of phenols is 1. The first-order chi connectivity index (χ1) is 16.2. The molecule has 0 heterocycles. The minimum atomic E-state index is -1.08. The molecular formula is C25H39N3O7. The second-order valence-electron chi connectivity index (χ2n) is 9.63. The summed E-state index contributed by atoms with van der Waals surface area (Å²) in [6.45, 7) is 12.2. The highest BCUT2D eigenvalue weighted by Crippen LogP contribution is 2.32. The molecule has 1 aromatic rings. The predicted octanol–water partition coefficient (Wildman–Crippen LogP) is 3.04. The molecule has 0 bridgehead atoms. The van der Waals surface area contributed by atoms with Crippen LogP contribution in [-0.2, 0) is 23.9 Å². The first-order valence-corrected chi connectivity index (χ1v) is 11.7. The molecule has 1 aromatic carbocycles. The number of aromatic hydroxyl groups is 1. The average Bonchev–Trinajstić information content (AvgIpc) is 2.75. The lowest BCUT2D eigenvalue weighted by molar-refractivity contribution is -0.147. The van der Waals surface area contributed by atoms with Gasteiger partial charge in [-0.3, -0.25) is 14.4 Å². The topological polar surface area (TPSA) is 134 Å². The Labute approximate surface area is 207 Å². The van der Waals surface area contributed by atoms with Crippen LogP contribution in [0, 0.1) is 0 Å². The molecule has 0 aliphatic carbocycles. The van der Waals surface area contributed by atoms with E-state index in [-0.39, 0.29) is 31.9 Å². The van der Waals surface area contributed by atoms with E-state index in [2.05, 4.69) is 10.6 Å². The van der Waals surface area contributed by atoms with Crippen molar-refractivity contribution >= 4 is 23.9 Å². The second kappa shape index (κ2) is 13.0. The van der Waals surface area contributed by atoms with E-state index in [9.17, 15) is 24.3 Å². The Morgan fingerprint density at radius 1 is 1.00 bits per heavy atom. The number of hydrogen-bond acceptors (Lipinski definition) is 7. The Kier molecular flexibility index (Phi) is 11.0. The van der Waals surface area contributed by atoms with Gasteiger partial charge in [0, 0.05) is 12.1 Å². The number of carbonyl (C=O) groups is 4. The maximum Gasteiger partial charge on any atom is 0.408 e. The zero-order chi connectivity index (χ0) is 26.8. The number of alkyl carbamates (subject to hydrolysis) is 1. The third kappa shape index (κ3) is 9.84. The van der Waals surface area contributed by atoms with Gasteiger partial charge in [-0.25, -0.2) is 4.79 Å². The smallest absolute Gasteiger partial charge is 0.408 e. The summed E-state index contributed by atoms with van der Waals surface area (Å²) in [7, 11) is 0. The number of nitrogens with one attached hydrogen (secondary N) is 2. The number of benzene rings is 1. The maximum atomic E-state index is 13.4. The van der Waals surface area contributed by atoms with E-state index in [1.54, 1.807) is 39.8 Å². The van der Waals surface area contributed by atoms with Gasteiger partial charge in [-0.15, -0.1) is 0 Å². The number of amides is 3. The van der Waals surface area contributed by atoms with Gasteiger partial charge in [0.25, 0.3) is 0 Å². The van der Waals surface area contributed by atoms with Crippen LogP contribution in [0.15, 0.2) is 24.3 Å². The van der Waals surface area contributed by atoms with Gasteiger partial charge in [0.15, 0.2) is 0 Å². The van der Waals surface area contributed by atoms with Crippen molar-refractivity contribution in [3.8, 4) is 5.75 Å². The van der Waals surface area contributed by atoms with Crippen molar-refractivity contribution in [1.29, 1.82) is 0 Å². The minimum Gasteiger partial charge on any atom is -0.508 e. The Hall–Kier alpha value is -3.30. The van der Waals surface area contributed by atoms with E-state index in [0.29, 0.717) is 12.0 Å². The molecule has 10 heteroatoms. The molecule has 0 spiro atoms. The fraction of sp³-hybridized carbons (Fsp3) is 0.600. The molecule has 35 heavy (non-hydrogen) atoms. The molecule has 0 saturated heterocycles. The van der Waals surface area contributed by atoms with E-state index < -0.39 is 41.1 Å². The first kappa shape index (κ1) is 29.7. The third-order valence-corrected chi connectivity index (χ3v) is 5.22. The van der Waals surface area contributed by atoms with E-state index in [1.807, 2.05) is 20.8 Å². The molecule has 0 aromatic heterocycles. The summed E-state index contributed by atoms with van der Waals surface area (Å²) in [5.74, 6) is -1.44. The lowest BCUT2D eigenvalue weighted by Gasteiger charge is -2.43. The quantitative estimate of drug-likeness (QED) is 0.403. The van der Waals surface area contributed by atoms with Crippen LogP contribution in [0.1, 0.15) is 72.9 Å². The maximum absolute atomic E-state index is 13.4. The predicted molar refractivity (Wildman–Crippen MR) is 131 cm³/mol. The summed E-state index contributed by atoms with van der Waals surface area (Å²) < 4.78 is 10.1. The SMILES string of the molecule is CCOC(=O)CCNC(=O)C(c1ccc(O)cc1)N(C(=O)CNC(=O)OC(C)(C)C)C(C)(C)CC. The number of phenolic OH excluding ortho intramolecular Hbond substituents is 1. The van der Waals surface area contributed by atoms with Crippen molar-refractivity contribution in [2.24, 2.45) is 0 Å². The molecule has 0 fully saturated rings. The van der Waals surface area contributed by atoms with Crippen LogP contribution < -0.4 is 10.6 Å². The molecule has 1 rings (SSSR count). The molecule has 1 unspecified atom stereocenters. The zero-order valence-corrected chi connectivity index (χ0v) is 21.8. The number of rotatable bonds is 11. The van der Waals surface area contributed by atoms with Gasteiger partial charge in [0.2, 0.25) is 11.8 Å². The fourth-order valence-corrected chi connectivity index (χ4v) is 3.24. The normalized spacial score (nSPS) is 12.3. The standard InChI is InChI=1S/C25H39N3O7/c1-8-25(6,7)28(19(30)16-27-23(33)35-24(3,4)5)21(17-10-12-18(29)13-11-17)22(32)26-15-14-20(31)34-9-2/h10-13,21,29H,8-9,14-16H2,1-7H3,(H,26,32)(H,27,33). The summed E-state index contributed by atoms with van der Waals surface area (Å²) in [5.41, 5.74) is -1.06. The average molecular weight is 494 g/mol. The van der Waals surface area contributed by atoms with Crippen molar-refractivity contribution in [2.45, 2.75) is 78.5 Å². The van der Waals surface area contributed by atoms with Crippen molar-refractivity contribution in [3.63, 3.8) is 0 Å². The summed E-state index contributed by atoms with van der Waals surface area (Å²) in [5, 5.41) is 14.9. The monoisotopic (exact) mass is 493 g/mol. The molecule has 10 nitrogen and oxygen atoms in total. The highest BCUT2D eigenvalue weighted by Gasteiger charge is 2.40. The van der Waals surface area contributed by atoms with Crippen LogP contribution in [0.4, 0.5) is 4.79 Å². The Balaban J connectivity index is 3.25. The summed E-state index contributed by atoms with van der Waals surface area (Å²) in [6, 6.07) is 4.88. The molecule has 3 N–H and O–H groups in total. The van der Waals surface area contributed by atoms with Crippen molar-refractivity contribution in [3.05, 3.63) is 29.8 Å². The molecule has 1 atom stereocenters. The first-order valence-electron chi connectivity index (χ1n) is 11.7.